The van der Waals surface area contributed by atoms with Crippen LogP contribution in [0.15, 0.2) is 42.5 Å². The standard InChI is InChI=1S/C23H30N2O4/c1-4-5-6-7-14-28-20-12-9-19(10-13-20)23(27)25-24-22(26)16-29-21-11-8-17(2)18(3)15-21/h8-13,15H,4-7,14,16H2,1-3H3,(H,24,26)(H,25,27). The van der Waals surface area contributed by atoms with E-state index in [2.05, 4.69) is 17.8 Å². The number of unbranched alkanes of at least 4 members (excludes halogenated alkanes) is 3. The molecule has 0 spiro atoms. The largest absolute Gasteiger partial charge is 0.494 e. The maximum Gasteiger partial charge on any atom is 0.276 e. The van der Waals surface area contributed by atoms with Crippen LogP contribution in [0, 0.1) is 13.8 Å². The zero-order valence-corrected chi connectivity index (χ0v) is 17.4. The molecule has 29 heavy (non-hydrogen) atoms. The van der Waals surface area contributed by atoms with E-state index in [0.717, 1.165) is 29.7 Å². The molecule has 0 heterocycles. The lowest BCUT2D eigenvalue weighted by atomic mass is 10.1. The van der Waals surface area contributed by atoms with Gasteiger partial charge in [0, 0.05) is 5.56 Å². The quantitative estimate of drug-likeness (QED) is 0.467. The van der Waals surface area contributed by atoms with Gasteiger partial charge < -0.3 is 9.47 Å². The lowest BCUT2D eigenvalue weighted by Crippen LogP contribution is -2.43. The van der Waals surface area contributed by atoms with Gasteiger partial charge in [0.2, 0.25) is 0 Å². The van der Waals surface area contributed by atoms with Crippen molar-refractivity contribution in [3.8, 4) is 11.5 Å². The number of carbonyl (C=O) groups is 2. The first-order valence-electron chi connectivity index (χ1n) is 10.0. The Bertz CT molecular complexity index is 803. The molecule has 6 nitrogen and oxygen atoms in total. The fraction of sp³-hybridized carbons (Fsp3) is 0.391. The third-order valence-corrected chi connectivity index (χ3v) is 4.55. The minimum absolute atomic E-state index is 0.187. The van der Waals surface area contributed by atoms with Gasteiger partial charge in [0.15, 0.2) is 6.61 Å². The van der Waals surface area contributed by atoms with Gasteiger partial charge >= 0.3 is 0 Å². The first-order chi connectivity index (χ1) is 14.0. The van der Waals surface area contributed by atoms with E-state index in [4.69, 9.17) is 9.47 Å². The van der Waals surface area contributed by atoms with Crippen molar-refractivity contribution in [3.63, 3.8) is 0 Å². The molecule has 0 bridgehead atoms. The molecule has 2 rings (SSSR count). The molecule has 0 aromatic heterocycles. The van der Waals surface area contributed by atoms with Crippen molar-refractivity contribution < 1.29 is 19.1 Å². The molecule has 0 fully saturated rings. The van der Waals surface area contributed by atoms with Gasteiger partial charge in [-0.15, -0.1) is 0 Å². The zero-order chi connectivity index (χ0) is 21.1. The number of carbonyl (C=O) groups excluding carboxylic acids is 2. The molecule has 0 aliphatic rings. The van der Waals surface area contributed by atoms with E-state index in [-0.39, 0.29) is 6.61 Å². The smallest absolute Gasteiger partial charge is 0.276 e. The second-order valence-corrected chi connectivity index (χ2v) is 6.97. The van der Waals surface area contributed by atoms with Gasteiger partial charge in [-0.1, -0.05) is 32.3 Å². The summed E-state index contributed by atoms with van der Waals surface area (Å²) in [5.41, 5.74) is 7.40. The summed E-state index contributed by atoms with van der Waals surface area (Å²) in [5, 5.41) is 0. The Morgan fingerprint density at radius 3 is 2.24 bits per heavy atom. The number of hydrogen-bond acceptors (Lipinski definition) is 4. The van der Waals surface area contributed by atoms with Crippen molar-refractivity contribution in [1.82, 2.24) is 10.9 Å². The number of amides is 2. The summed E-state index contributed by atoms with van der Waals surface area (Å²) in [6.45, 7) is 6.64. The molecule has 0 atom stereocenters. The number of benzene rings is 2. The lowest BCUT2D eigenvalue weighted by Gasteiger charge is -2.10. The highest BCUT2D eigenvalue weighted by Crippen LogP contribution is 2.16. The van der Waals surface area contributed by atoms with Crippen molar-refractivity contribution in [2.75, 3.05) is 13.2 Å². The van der Waals surface area contributed by atoms with Crippen LogP contribution in [-0.2, 0) is 4.79 Å². The molecule has 2 aromatic rings. The topological polar surface area (TPSA) is 76.7 Å². The minimum Gasteiger partial charge on any atom is -0.494 e. The number of hydrogen-bond donors (Lipinski definition) is 2. The summed E-state index contributed by atoms with van der Waals surface area (Å²) in [7, 11) is 0. The molecule has 0 aliphatic carbocycles. The van der Waals surface area contributed by atoms with E-state index in [1.807, 2.05) is 32.0 Å². The molecule has 2 N–H and O–H groups in total. The maximum absolute atomic E-state index is 12.1. The number of ether oxygens (including phenoxy) is 2. The second-order valence-electron chi connectivity index (χ2n) is 6.97. The fourth-order valence-corrected chi connectivity index (χ4v) is 2.61. The zero-order valence-electron chi connectivity index (χ0n) is 17.4. The Morgan fingerprint density at radius 2 is 1.55 bits per heavy atom. The molecule has 0 unspecified atom stereocenters. The van der Waals surface area contributed by atoms with E-state index >= 15 is 0 Å². The molecule has 0 radical (unpaired) electrons. The second kappa shape index (κ2) is 11.7. The van der Waals surface area contributed by atoms with Gasteiger partial charge in [0.25, 0.3) is 11.8 Å². The monoisotopic (exact) mass is 398 g/mol. The van der Waals surface area contributed by atoms with Crippen molar-refractivity contribution in [2.45, 2.75) is 46.5 Å². The van der Waals surface area contributed by atoms with E-state index < -0.39 is 11.8 Å². The van der Waals surface area contributed by atoms with Crippen molar-refractivity contribution in [1.29, 1.82) is 0 Å². The highest BCUT2D eigenvalue weighted by atomic mass is 16.5. The fourth-order valence-electron chi connectivity index (χ4n) is 2.61. The van der Waals surface area contributed by atoms with Crippen LogP contribution in [0.3, 0.4) is 0 Å². The van der Waals surface area contributed by atoms with Gasteiger partial charge in [-0.3, -0.25) is 20.4 Å². The number of nitrogens with one attached hydrogen (secondary N) is 2. The minimum atomic E-state index is -0.441. The van der Waals surface area contributed by atoms with Crippen LogP contribution in [0.4, 0.5) is 0 Å². The van der Waals surface area contributed by atoms with Crippen LogP contribution in [0.2, 0.25) is 0 Å². The van der Waals surface area contributed by atoms with Gasteiger partial charge in [0.1, 0.15) is 11.5 Å². The summed E-state index contributed by atoms with van der Waals surface area (Å²) in [5.74, 6) is 0.492. The molecule has 0 aliphatic heterocycles. The van der Waals surface area contributed by atoms with Crippen molar-refractivity contribution in [3.05, 3.63) is 59.2 Å². The van der Waals surface area contributed by atoms with Crippen LogP contribution in [0.25, 0.3) is 0 Å². The SMILES string of the molecule is CCCCCCOc1ccc(C(=O)NNC(=O)COc2ccc(C)c(C)c2)cc1. The Balaban J connectivity index is 1.70. The van der Waals surface area contributed by atoms with Gasteiger partial charge in [-0.2, -0.15) is 0 Å². The number of rotatable bonds is 10. The first-order valence-corrected chi connectivity index (χ1v) is 10.0. The third kappa shape index (κ3) is 7.86. The predicted octanol–water partition coefficient (Wildman–Crippen LogP) is 4.10. The van der Waals surface area contributed by atoms with Gasteiger partial charge in [0.05, 0.1) is 6.61 Å². The summed E-state index contributed by atoms with van der Waals surface area (Å²) in [6.07, 6.45) is 4.58. The van der Waals surface area contributed by atoms with Crippen molar-refractivity contribution >= 4 is 11.8 Å². The molecule has 2 amide bonds. The summed E-state index contributed by atoms with van der Waals surface area (Å²) in [6, 6.07) is 12.4. The molecule has 2 aromatic carbocycles. The molecular weight excluding hydrogens is 368 g/mol. The van der Waals surface area contributed by atoms with Gasteiger partial charge in [-0.25, -0.2) is 0 Å². The van der Waals surface area contributed by atoms with Gasteiger partial charge in [-0.05, 0) is 67.8 Å². The summed E-state index contributed by atoms with van der Waals surface area (Å²) >= 11 is 0. The Kier molecular flexibility index (Phi) is 9.02. The van der Waals surface area contributed by atoms with E-state index in [9.17, 15) is 9.59 Å². The van der Waals surface area contributed by atoms with Crippen LogP contribution < -0.4 is 20.3 Å². The van der Waals surface area contributed by atoms with E-state index in [1.54, 1.807) is 24.3 Å². The predicted molar refractivity (Wildman–Crippen MR) is 113 cm³/mol. The molecule has 156 valence electrons. The Hall–Kier alpha value is -3.02. The molecule has 0 saturated heterocycles. The number of aryl methyl sites for hydroxylation is 2. The maximum atomic E-state index is 12.1. The Morgan fingerprint density at radius 1 is 0.828 bits per heavy atom. The molecule has 6 heteroatoms. The average Bonchev–Trinajstić information content (AvgIpc) is 2.73. The third-order valence-electron chi connectivity index (χ3n) is 4.55. The van der Waals surface area contributed by atoms with Crippen LogP contribution in [0.1, 0.15) is 54.1 Å². The molecular formula is C23H30N2O4. The van der Waals surface area contributed by atoms with Crippen LogP contribution >= 0.6 is 0 Å². The summed E-state index contributed by atoms with van der Waals surface area (Å²) < 4.78 is 11.1. The first kappa shape index (κ1) is 22.3. The average molecular weight is 399 g/mol. The summed E-state index contributed by atoms with van der Waals surface area (Å²) in [4.78, 5) is 24.0. The van der Waals surface area contributed by atoms with E-state index in [1.165, 1.54) is 12.8 Å². The number of hydrazine groups is 1. The van der Waals surface area contributed by atoms with Crippen LogP contribution in [-0.4, -0.2) is 25.0 Å². The highest BCUT2D eigenvalue weighted by Gasteiger charge is 2.08. The lowest BCUT2D eigenvalue weighted by molar-refractivity contribution is -0.123. The van der Waals surface area contributed by atoms with E-state index in [0.29, 0.717) is 17.9 Å². The van der Waals surface area contributed by atoms with Crippen molar-refractivity contribution in [2.24, 2.45) is 0 Å². The Labute approximate surface area is 172 Å². The van der Waals surface area contributed by atoms with Crippen LogP contribution in [0.5, 0.6) is 11.5 Å². The molecule has 0 saturated carbocycles. The normalized spacial score (nSPS) is 10.3. The highest BCUT2D eigenvalue weighted by molar-refractivity contribution is 5.95.